The van der Waals surface area contributed by atoms with Crippen LogP contribution in [-0.4, -0.2) is 128 Å². The fraction of sp³-hybridized carbons (Fsp3) is 1.00. The lowest BCUT2D eigenvalue weighted by molar-refractivity contribution is -0.250. The molecule has 2 spiro atoms. The molecule has 9 aliphatic rings. The first-order valence-corrected chi connectivity index (χ1v) is 21.6. The highest BCUT2D eigenvalue weighted by atomic mass is 16.7. The van der Waals surface area contributed by atoms with Gasteiger partial charge in [-0.05, 0) is 123 Å². The number of hydrogen-bond donors (Lipinski definition) is 2. The highest BCUT2D eigenvalue weighted by molar-refractivity contribution is 5.33. The molecule has 0 bridgehead atoms. The van der Waals surface area contributed by atoms with E-state index in [9.17, 15) is 10.2 Å². The van der Waals surface area contributed by atoms with E-state index in [4.69, 9.17) is 23.7 Å². The van der Waals surface area contributed by atoms with Crippen LogP contribution in [0.4, 0.5) is 0 Å². The molecule has 0 aromatic carbocycles. The van der Waals surface area contributed by atoms with Crippen molar-refractivity contribution in [3.8, 4) is 0 Å². The van der Waals surface area contributed by atoms with Gasteiger partial charge in [0.25, 0.3) is 0 Å². The summed E-state index contributed by atoms with van der Waals surface area (Å²) < 4.78 is 31.9. The molecule has 9 nitrogen and oxygen atoms in total. The highest BCUT2D eigenvalue weighted by Crippen LogP contribution is 2.89. The topological polar surface area (TPSA) is 93.1 Å². The number of fused-ring (bicyclic) bond motifs is 4. The quantitative estimate of drug-likeness (QED) is 0.326. The van der Waals surface area contributed by atoms with Gasteiger partial charge in [-0.15, -0.1) is 0 Å². The van der Waals surface area contributed by atoms with Gasteiger partial charge in [-0.1, -0.05) is 34.6 Å². The number of morpholine rings is 1. The van der Waals surface area contributed by atoms with Gasteiger partial charge in [0.2, 0.25) is 0 Å². The van der Waals surface area contributed by atoms with Crippen LogP contribution in [0.3, 0.4) is 0 Å². The van der Waals surface area contributed by atoms with E-state index in [2.05, 4.69) is 44.4 Å². The Morgan fingerprint density at radius 1 is 0.962 bits per heavy atom. The van der Waals surface area contributed by atoms with E-state index in [-0.39, 0.29) is 40.8 Å². The summed E-state index contributed by atoms with van der Waals surface area (Å²) in [7, 11) is 0. The zero-order valence-corrected chi connectivity index (χ0v) is 33.8. The van der Waals surface area contributed by atoms with Crippen molar-refractivity contribution in [2.75, 3.05) is 59.2 Å². The van der Waals surface area contributed by atoms with Gasteiger partial charge < -0.3 is 33.9 Å². The third kappa shape index (κ3) is 5.18. The molecule has 5 saturated carbocycles. The zero-order valence-electron chi connectivity index (χ0n) is 33.8. The molecule has 5 unspecified atom stereocenters. The van der Waals surface area contributed by atoms with Gasteiger partial charge in [-0.3, -0.25) is 9.80 Å². The lowest BCUT2D eigenvalue weighted by atomic mass is 9.41. The third-order valence-corrected chi connectivity index (χ3v) is 18.2. The molecule has 4 heterocycles. The van der Waals surface area contributed by atoms with Crippen LogP contribution in [0.2, 0.25) is 0 Å². The lowest BCUT2D eigenvalue weighted by Gasteiger charge is -2.64. The maximum absolute atomic E-state index is 12.7. The largest absolute Gasteiger partial charge is 0.390 e. The highest BCUT2D eigenvalue weighted by Gasteiger charge is 2.84. The van der Waals surface area contributed by atoms with Crippen LogP contribution in [0.5, 0.6) is 0 Å². The Morgan fingerprint density at radius 3 is 2.38 bits per heavy atom. The molecule has 4 saturated heterocycles. The molecule has 0 aromatic rings. The van der Waals surface area contributed by atoms with Gasteiger partial charge in [0.05, 0.1) is 55.9 Å². The monoisotopic (exact) mass is 729 g/mol. The molecule has 4 aliphatic heterocycles. The van der Waals surface area contributed by atoms with Gasteiger partial charge in [0.1, 0.15) is 6.10 Å². The smallest absolute Gasteiger partial charge is 0.170 e. The van der Waals surface area contributed by atoms with Crippen molar-refractivity contribution < 1.29 is 33.9 Å². The van der Waals surface area contributed by atoms with Crippen LogP contribution >= 0.6 is 0 Å². The first kappa shape index (κ1) is 37.2. The second kappa shape index (κ2) is 12.6. The average Bonchev–Trinajstić information content (AvgIpc) is 3.67. The number of ether oxygens (including phenoxy) is 5. The number of aliphatic hydroxyl groups excluding tert-OH is 1. The van der Waals surface area contributed by atoms with Crippen molar-refractivity contribution in [1.82, 2.24) is 9.80 Å². The Morgan fingerprint density at radius 2 is 1.69 bits per heavy atom. The molecule has 14 atom stereocenters. The van der Waals surface area contributed by atoms with Crippen molar-refractivity contribution in [2.45, 2.75) is 155 Å². The van der Waals surface area contributed by atoms with E-state index in [1.807, 2.05) is 20.8 Å². The van der Waals surface area contributed by atoms with E-state index < -0.39 is 17.8 Å². The Bertz CT molecular complexity index is 1350. The minimum atomic E-state index is -1.01. The molecule has 0 radical (unpaired) electrons. The first-order chi connectivity index (χ1) is 24.6. The maximum Gasteiger partial charge on any atom is 0.170 e. The molecule has 0 amide bonds. The first-order valence-electron chi connectivity index (χ1n) is 21.6. The summed E-state index contributed by atoms with van der Waals surface area (Å²) in [6.45, 7) is 26.7. The fourth-order valence-electron chi connectivity index (χ4n) is 15.6. The molecule has 2 N–H and O–H groups in total. The zero-order chi connectivity index (χ0) is 36.6. The number of likely N-dealkylation sites (tertiary alicyclic amines) is 1. The number of rotatable bonds is 9. The van der Waals surface area contributed by atoms with Crippen LogP contribution in [-0.2, 0) is 23.7 Å². The Labute approximate surface area is 314 Å². The minimum absolute atomic E-state index is 0.0211. The molecule has 0 aromatic heterocycles. The van der Waals surface area contributed by atoms with Gasteiger partial charge in [-0.2, -0.15) is 0 Å². The Balaban J connectivity index is 0.887. The summed E-state index contributed by atoms with van der Waals surface area (Å²) in [5.41, 5.74) is -0.444. The standard InChI is InChI=1S/C43H72N2O7/c1-9-49-37(39(5,6)47)29-18-26(2)34-35(51-29)36(46)41(8)31-11-10-30-38(3,4)32(12-13-42(30)25-43(31,42)15-14-40(34,41)7)52-33-22-44(16-17-50-33)19-27-20-45(21-27)28-23-48-24-28/h26-37,46-47H,9-25H2,1-8H3/t26-,29?,30+,31?,32+,33+,34+,35?,36+,37+,40-,41-,42?,43?/m1/s1. The van der Waals surface area contributed by atoms with E-state index in [1.165, 1.54) is 51.6 Å². The summed E-state index contributed by atoms with van der Waals surface area (Å²) in [6, 6.07) is 0.660. The summed E-state index contributed by atoms with van der Waals surface area (Å²) in [5.74, 6) is 2.60. The molecule has 52 heavy (non-hydrogen) atoms. The van der Waals surface area contributed by atoms with E-state index in [1.54, 1.807) is 0 Å². The van der Waals surface area contributed by atoms with Gasteiger partial charge in [-0.25, -0.2) is 0 Å². The van der Waals surface area contributed by atoms with Gasteiger partial charge in [0, 0.05) is 44.7 Å². The summed E-state index contributed by atoms with van der Waals surface area (Å²) in [5, 5.41) is 23.8. The maximum atomic E-state index is 12.7. The van der Waals surface area contributed by atoms with E-state index >= 15 is 0 Å². The second-order valence-electron chi connectivity index (χ2n) is 21.3. The Hall–Kier alpha value is -0.360. The average molecular weight is 729 g/mol. The molecular weight excluding hydrogens is 656 g/mol. The van der Waals surface area contributed by atoms with Crippen LogP contribution in [0, 0.1) is 56.7 Å². The third-order valence-electron chi connectivity index (χ3n) is 18.2. The normalized spacial score (nSPS) is 51.2. The number of aliphatic hydroxyl groups is 2. The fourth-order valence-corrected chi connectivity index (χ4v) is 15.6. The van der Waals surface area contributed by atoms with Crippen molar-refractivity contribution in [1.29, 1.82) is 0 Å². The van der Waals surface area contributed by atoms with Crippen LogP contribution < -0.4 is 0 Å². The minimum Gasteiger partial charge on any atom is -0.390 e. The van der Waals surface area contributed by atoms with Crippen LogP contribution in [0.1, 0.15) is 107 Å². The lowest BCUT2D eigenvalue weighted by Crippen LogP contribution is -2.62. The molecule has 5 aliphatic carbocycles. The van der Waals surface area contributed by atoms with E-state index in [0.717, 1.165) is 58.2 Å². The van der Waals surface area contributed by atoms with Gasteiger partial charge in [0.15, 0.2) is 6.29 Å². The summed E-state index contributed by atoms with van der Waals surface area (Å²) in [4.78, 5) is 5.20. The predicted octanol–water partition coefficient (Wildman–Crippen LogP) is 5.35. The van der Waals surface area contributed by atoms with Gasteiger partial charge >= 0.3 is 0 Å². The molecule has 9 fully saturated rings. The molecule has 9 heteroatoms. The SMILES string of the molecule is CCO[C@@H](C1C[C@@H](C)[C@H]2C(O1)[C@H](O)[C@@]1(C)C3CC[C@H]4C(C)(C)[C@@H](O[C@H]5CN(CC6CN(C7COC7)C6)CCO5)CCC45CC35CC[C@]21C)C(C)(C)O. The second-order valence-corrected chi connectivity index (χ2v) is 21.3. The van der Waals surface area contributed by atoms with Crippen molar-refractivity contribution in [3.05, 3.63) is 0 Å². The van der Waals surface area contributed by atoms with Crippen molar-refractivity contribution >= 4 is 0 Å². The van der Waals surface area contributed by atoms with Crippen molar-refractivity contribution in [3.63, 3.8) is 0 Å². The van der Waals surface area contributed by atoms with E-state index in [0.29, 0.717) is 47.2 Å². The molecule has 9 rings (SSSR count). The van der Waals surface area contributed by atoms with Crippen LogP contribution in [0.25, 0.3) is 0 Å². The molecule has 296 valence electrons. The summed E-state index contributed by atoms with van der Waals surface area (Å²) in [6.07, 6.45) is 8.13. The predicted molar refractivity (Wildman–Crippen MR) is 199 cm³/mol. The summed E-state index contributed by atoms with van der Waals surface area (Å²) >= 11 is 0. The van der Waals surface area contributed by atoms with Crippen LogP contribution in [0.15, 0.2) is 0 Å². The van der Waals surface area contributed by atoms with Crippen molar-refractivity contribution in [2.24, 2.45) is 56.7 Å². The number of nitrogens with zero attached hydrogens (tertiary/aromatic N) is 2. The Kier molecular flexibility index (Phi) is 9.00. The molecular formula is C43H72N2O7. The number of hydrogen-bond acceptors (Lipinski definition) is 9.